The van der Waals surface area contributed by atoms with Crippen molar-refractivity contribution in [3.63, 3.8) is 0 Å². The van der Waals surface area contributed by atoms with E-state index < -0.39 is 0 Å². The van der Waals surface area contributed by atoms with E-state index in [-0.39, 0.29) is 6.04 Å². The fourth-order valence-electron chi connectivity index (χ4n) is 3.43. The Morgan fingerprint density at radius 1 is 0.935 bits per heavy atom. The molecule has 3 aromatic heterocycles. The van der Waals surface area contributed by atoms with Crippen molar-refractivity contribution < 1.29 is 0 Å². The largest absolute Gasteiger partial charge is 0.363 e. The van der Waals surface area contributed by atoms with E-state index in [0.717, 1.165) is 32.5 Å². The third kappa shape index (κ3) is 4.07. The third-order valence-electron chi connectivity index (χ3n) is 5.03. The SMILES string of the molecule is CC(Nc1c(-c2ccc(C#Cc3ccccc3)s2)nc2cnccn12)c1ccccc1. The molecule has 0 aliphatic heterocycles. The Hall–Kier alpha value is -3.88. The van der Waals surface area contributed by atoms with Crippen LogP contribution in [0.15, 0.2) is 91.4 Å². The second-order valence-corrected chi connectivity index (χ2v) is 8.25. The predicted molar refractivity (Wildman–Crippen MR) is 127 cm³/mol. The summed E-state index contributed by atoms with van der Waals surface area (Å²) >= 11 is 1.65. The zero-order valence-corrected chi connectivity index (χ0v) is 17.8. The van der Waals surface area contributed by atoms with Crippen LogP contribution in [-0.4, -0.2) is 14.4 Å². The highest BCUT2D eigenvalue weighted by molar-refractivity contribution is 7.16. The number of fused-ring (bicyclic) bond motifs is 1. The second kappa shape index (κ2) is 8.47. The lowest BCUT2D eigenvalue weighted by Crippen LogP contribution is -2.09. The zero-order valence-electron chi connectivity index (χ0n) is 17.0. The fourth-order valence-corrected chi connectivity index (χ4v) is 4.28. The average Bonchev–Trinajstić information content (AvgIpc) is 3.44. The smallest absolute Gasteiger partial charge is 0.157 e. The molecule has 5 heteroatoms. The molecule has 1 unspecified atom stereocenters. The Labute approximate surface area is 185 Å². The lowest BCUT2D eigenvalue weighted by molar-refractivity contribution is 0.870. The Morgan fingerprint density at radius 2 is 1.71 bits per heavy atom. The van der Waals surface area contributed by atoms with Gasteiger partial charge in [0.25, 0.3) is 0 Å². The molecule has 150 valence electrons. The molecule has 0 amide bonds. The quantitative estimate of drug-likeness (QED) is 0.361. The summed E-state index contributed by atoms with van der Waals surface area (Å²) in [4.78, 5) is 11.2. The van der Waals surface area contributed by atoms with Gasteiger partial charge in [-0.05, 0) is 36.8 Å². The van der Waals surface area contributed by atoms with Crippen molar-refractivity contribution in [2.24, 2.45) is 0 Å². The molecule has 0 radical (unpaired) electrons. The number of hydrogen-bond donors (Lipinski definition) is 1. The number of thiophene rings is 1. The molecule has 0 saturated carbocycles. The molecule has 0 aliphatic carbocycles. The summed E-state index contributed by atoms with van der Waals surface area (Å²) < 4.78 is 2.05. The topological polar surface area (TPSA) is 42.2 Å². The number of rotatable bonds is 4. The van der Waals surface area contributed by atoms with Crippen LogP contribution in [0.1, 0.15) is 29.0 Å². The highest BCUT2D eigenvalue weighted by Gasteiger charge is 2.18. The van der Waals surface area contributed by atoms with E-state index in [1.165, 1.54) is 5.56 Å². The fraction of sp³-hybridized carbons (Fsp3) is 0.0769. The van der Waals surface area contributed by atoms with Gasteiger partial charge in [0, 0.05) is 24.0 Å². The van der Waals surface area contributed by atoms with Crippen LogP contribution in [0.3, 0.4) is 0 Å². The minimum atomic E-state index is 0.130. The molecule has 4 nitrogen and oxygen atoms in total. The molecule has 3 heterocycles. The van der Waals surface area contributed by atoms with Crippen molar-refractivity contribution in [3.05, 3.63) is 107 Å². The average molecular weight is 421 g/mol. The molecular weight excluding hydrogens is 400 g/mol. The maximum Gasteiger partial charge on any atom is 0.157 e. The van der Waals surface area contributed by atoms with Crippen LogP contribution >= 0.6 is 11.3 Å². The first kappa shape index (κ1) is 19.1. The van der Waals surface area contributed by atoms with Crippen molar-refractivity contribution >= 4 is 22.8 Å². The first-order valence-electron chi connectivity index (χ1n) is 10.1. The number of nitrogens with one attached hydrogen (secondary N) is 1. The third-order valence-corrected chi connectivity index (χ3v) is 6.03. The Morgan fingerprint density at radius 3 is 2.52 bits per heavy atom. The second-order valence-electron chi connectivity index (χ2n) is 7.17. The number of aromatic nitrogens is 3. The molecule has 0 aliphatic rings. The minimum Gasteiger partial charge on any atom is -0.363 e. The lowest BCUT2D eigenvalue weighted by atomic mass is 10.1. The molecule has 31 heavy (non-hydrogen) atoms. The van der Waals surface area contributed by atoms with Crippen molar-refractivity contribution in [2.45, 2.75) is 13.0 Å². The molecule has 1 atom stereocenters. The predicted octanol–water partition coefficient (Wildman–Crippen LogP) is 6.03. The number of hydrogen-bond acceptors (Lipinski definition) is 4. The van der Waals surface area contributed by atoms with Gasteiger partial charge in [0.2, 0.25) is 0 Å². The van der Waals surface area contributed by atoms with Crippen molar-refractivity contribution in [3.8, 4) is 22.4 Å². The van der Waals surface area contributed by atoms with Crippen molar-refractivity contribution in [1.29, 1.82) is 0 Å². The van der Waals surface area contributed by atoms with Gasteiger partial charge in [-0.3, -0.25) is 9.38 Å². The molecule has 0 fully saturated rings. The van der Waals surface area contributed by atoms with Gasteiger partial charge in [-0.15, -0.1) is 11.3 Å². The highest BCUT2D eigenvalue weighted by Crippen LogP contribution is 2.35. The number of benzene rings is 2. The molecular formula is C26H20N4S. The van der Waals surface area contributed by atoms with Gasteiger partial charge >= 0.3 is 0 Å². The number of anilines is 1. The molecule has 5 aromatic rings. The molecule has 1 N–H and O–H groups in total. The van der Waals surface area contributed by atoms with E-state index in [1.807, 2.05) is 42.6 Å². The lowest BCUT2D eigenvalue weighted by Gasteiger charge is -2.16. The Balaban J connectivity index is 1.51. The van der Waals surface area contributed by atoms with Crippen molar-refractivity contribution in [1.82, 2.24) is 14.4 Å². The van der Waals surface area contributed by atoms with Gasteiger partial charge in [-0.2, -0.15) is 0 Å². The van der Waals surface area contributed by atoms with E-state index in [0.29, 0.717) is 0 Å². The standard InChI is InChI=1S/C26H20N4S/c1-19(21-10-6-3-7-11-21)28-26-25(29-24-18-27-16-17-30(24)26)23-15-14-22(31-23)13-12-20-8-4-2-5-9-20/h2-11,14-19,28H,1H3. The summed E-state index contributed by atoms with van der Waals surface area (Å²) in [6.45, 7) is 2.16. The normalized spacial score (nSPS) is 11.6. The summed E-state index contributed by atoms with van der Waals surface area (Å²) in [5.41, 5.74) is 3.95. The molecule has 0 bridgehead atoms. The van der Waals surface area contributed by atoms with E-state index in [1.54, 1.807) is 23.7 Å². The van der Waals surface area contributed by atoms with Gasteiger partial charge < -0.3 is 5.32 Å². The van der Waals surface area contributed by atoms with Gasteiger partial charge in [-0.1, -0.05) is 60.4 Å². The minimum absolute atomic E-state index is 0.130. The van der Waals surface area contributed by atoms with Gasteiger partial charge in [0.05, 0.1) is 16.0 Å². The van der Waals surface area contributed by atoms with Crippen LogP contribution < -0.4 is 5.32 Å². The van der Waals surface area contributed by atoms with Crippen LogP contribution in [0.5, 0.6) is 0 Å². The molecule has 5 rings (SSSR count). The van der Waals surface area contributed by atoms with Gasteiger partial charge in [0.15, 0.2) is 5.65 Å². The summed E-state index contributed by atoms with van der Waals surface area (Å²) in [7, 11) is 0. The molecule has 0 spiro atoms. The highest BCUT2D eigenvalue weighted by atomic mass is 32.1. The monoisotopic (exact) mass is 420 g/mol. The summed E-state index contributed by atoms with van der Waals surface area (Å²) in [6, 6.07) is 24.7. The zero-order chi connectivity index (χ0) is 21.0. The van der Waals surface area contributed by atoms with Crippen LogP contribution in [0.25, 0.3) is 16.2 Å². The first-order chi connectivity index (χ1) is 15.3. The Bertz CT molecular complexity index is 1370. The number of nitrogens with zero attached hydrogens (tertiary/aromatic N) is 3. The maximum atomic E-state index is 4.86. The van der Waals surface area contributed by atoms with Crippen LogP contribution in [0, 0.1) is 11.8 Å². The van der Waals surface area contributed by atoms with E-state index in [4.69, 9.17) is 4.98 Å². The summed E-state index contributed by atoms with van der Waals surface area (Å²) in [5, 5.41) is 3.66. The van der Waals surface area contributed by atoms with E-state index in [2.05, 4.69) is 69.9 Å². The van der Waals surface area contributed by atoms with E-state index in [9.17, 15) is 0 Å². The van der Waals surface area contributed by atoms with Gasteiger partial charge in [-0.25, -0.2) is 4.98 Å². The summed E-state index contributed by atoms with van der Waals surface area (Å²) in [5.74, 6) is 7.46. The van der Waals surface area contributed by atoms with E-state index >= 15 is 0 Å². The molecule has 0 saturated heterocycles. The van der Waals surface area contributed by atoms with Crippen LogP contribution in [0.4, 0.5) is 5.82 Å². The maximum absolute atomic E-state index is 4.86. The summed E-state index contributed by atoms with van der Waals surface area (Å²) in [6.07, 6.45) is 5.50. The van der Waals surface area contributed by atoms with Gasteiger partial charge in [0.1, 0.15) is 11.5 Å². The van der Waals surface area contributed by atoms with Crippen LogP contribution in [0.2, 0.25) is 0 Å². The number of imidazole rings is 1. The van der Waals surface area contributed by atoms with Crippen molar-refractivity contribution in [2.75, 3.05) is 5.32 Å². The molecule has 2 aromatic carbocycles. The first-order valence-corrected chi connectivity index (χ1v) is 10.9. The Kier molecular flexibility index (Phi) is 5.22. The van der Waals surface area contributed by atoms with Crippen LogP contribution in [-0.2, 0) is 0 Å².